The first-order chi connectivity index (χ1) is 9.65. The number of aryl methyl sites for hydroxylation is 2. The van der Waals surface area contributed by atoms with Crippen LogP contribution in [0.4, 0.5) is 4.39 Å². The second kappa shape index (κ2) is 4.93. The monoisotopic (exact) mass is 266 g/mol. The lowest BCUT2D eigenvalue weighted by Crippen LogP contribution is -1.95. The summed E-state index contributed by atoms with van der Waals surface area (Å²) in [6, 6.07) is 16.7. The Labute approximate surface area is 117 Å². The summed E-state index contributed by atoms with van der Waals surface area (Å²) in [4.78, 5) is 0. The van der Waals surface area contributed by atoms with Gasteiger partial charge < -0.3 is 0 Å². The smallest absolute Gasteiger partial charge is 0.123 e. The van der Waals surface area contributed by atoms with E-state index in [2.05, 4.69) is 24.2 Å². The Morgan fingerprint density at radius 1 is 1.00 bits per heavy atom. The first kappa shape index (κ1) is 12.6. The summed E-state index contributed by atoms with van der Waals surface area (Å²) in [5.74, 6) is -0.233. The van der Waals surface area contributed by atoms with E-state index in [1.54, 1.807) is 12.1 Å². The average Bonchev–Trinajstić information content (AvgIpc) is 2.82. The first-order valence-corrected chi connectivity index (χ1v) is 6.51. The number of rotatable bonds is 2. The molecule has 0 amide bonds. The number of aromatic nitrogens is 2. The standard InChI is InChI=1S/C17H15FN2/c1-12-5-3-4-6-15(12)17-11-16(19-20(17)2)13-7-9-14(18)10-8-13/h3-11H,1-2H3. The van der Waals surface area contributed by atoms with Crippen molar-refractivity contribution in [3.63, 3.8) is 0 Å². The van der Waals surface area contributed by atoms with Gasteiger partial charge in [0.05, 0.1) is 11.4 Å². The summed E-state index contributed by atoms with van der Waals surface area (Å²) in [5.41, 5.74) is 5.20. The molecule has 2 nitrogen and oxygen atoms in total. The average molecular weight is 266 g/mol. The molecule has 20 heavy (non-hydrogen) atoms. The molecule has 100 valence electrons. The van der Waals surface area contributed by atoms with Gasteiger partial charge in [0.1, 0.15) is 5.82 Å². The molecule has 0 fully saturated rings. The van der Waals surface area contributed by atoms with Crippen LogP contribution in [0.25, 0.3) is 22.5 Å². The molecule has 0 atom stereocenters. The lowest BCUT2D eigenvalue weighted by molar-refractivity contribution is 0.628. The number of nitrogens with zero attached hydrogens (tertiary/aromatic N) is 2. The van der Waals surface area contributed by atoms with E-state index < -0.39 is 0 Å². The van der Waals surface area contributed by atoms with Gasteiger partial charge in [-0.1, -0.05) is 24.3 Å². The Morgan fingerprint density at radius 3 is 2.40 bits per heavy atom. The molecule has 0 aliphatic rings. The third-order valence-electron chi connectivity index (χ3n) is 3.44. The molecule has 0 saturated heterocycles. The number of benzene rings is 2. The molecule has 0 aliphatic heterocycles. The van der Waals surface area contributed by atoms with E-state index in [1.807, 2.05) is 29.9 Å². The summed E-state index contributed by atoms with van der Waals surface area (Å²) in [5, 5.41) is 4.52. The fraction of sp³-hybridized carbons (Fsp3) is 0.118. The number of hydrogen-bond donors (Lipinski definition) is 0. The maximum atomic E-state index is 13.0. The predicted molar refractivity (Wildman–Crippen MR) is 78.8 cm³/mol. The highest BCUT2D eigenvalue weighted by Crippen LogP contribution is 2.27. The predicted octanol–water partition coefficient (Wildman–Crippen LogP) is 4.20. The molecular formula is C17H15FN2. The van der Waals surface area contributed by atoms with E-state index in [0.29, 0.717) is 0 Å². The van der Waals surface area contributed by atoms with Crippen LogP contribution in [0.1, 0.15) is 5.56 Å². The van der Waals surface area contributed by atoms with Crippen molar-refractivity contribution in [2.75, 3.05) is 0 Å². The van der Waals surface area contributed by atoms with Crippen LogP contribution in [-0.4, -0.2) is 9.78 Å². The SMILES string of the molecule is Cc1ccccc1-c1cc(-c2ccc(F)cc2)nn1C. The van der Waals surface area contributed by atoms with Crippen LogP contribution < -0.4 is 0 Å². The van der Waals surface area contributed by atoms with Crippen LogP contribution in [0.15, 0.2) is 54.6 Å². The van der Waals surface area contributed by atoms with Crippen LogP contribution >= 0.6 is 0 Å². The van der Waals surface area contributed by atoms with E-state index in [9.17, 15) is 4.39 Å². The van der Waals surface area contributed by atoms with Gasteiger partial charge in [-0.25, -0.2) is 4.39 Å². The van der Waals surface area contributed by atoms with Crippen molar-refractivity contribution in [2.45, 2.75) is 6.92 Å². The van der Waals surface area contributed by atoms with Crippen molar-refractivity contribution in [2.24, 2.45) is 7.05 Å². The number of halogens is 1. The van der Waals surface area contributed by atoms with Crippen LogP contribution in [0.2, 0.25) is 0 Å². The maximum Gasteiger partial charge on any atom is 0.123 e. The molecule has 3 heteroatoms. The van der Waals surface area contributed by atoms with Crippen LogP contribution in [-0.2, 0) is 7.05 Å². The fourth-order valence-electron chi connectivity index (χ4n) is 2.34. The molecule has 2 aromatic carbocycles. The van der Waals surface area contributed by atoms with Crippen LogP contribution in [0.5, 0.6) is 0 Å². The van der Waals surface area contributed by atoms with Gasteiger partial charge in [0.2, 0.25) is 0 Å². The van der Waals surface area contributed by atoms with Crippen molar-refractivity contribution >= 4 is 0 Å². The third-order valence-corrected chi connectivity index (χ3v) is 3.44. The second-order valence-electron chi connectivity index (χ2n) is 4.86. The molecule has 3 aromatic rings. The Hall–Kier alpha value is -2.42. The highest BCUT2D eigenvalue weighted by Gasteiger charge is 2.10. The minimum atomic E-state index is -0.233. The Balaban J connectivity index is 2.08. The summed E-state index contributed by atoms with van der Waals surface area (Å²) in [6.07, 6.45) is 0. The minimum absolute atomic E-state index is 0.233. The van der Waals surface area contributed by atoms with Crippen LogP contribution in [0.3, 0.4) is 0 Å². The highest BCUT2D eigenvalue weighted by molar-refractivity contribution is 5.70. The van der Waals surface area contributed by atoms with Crippen LogP contribution in [0, 0.1) is 12.7 Å². The third kappa shape index (κ3) is 2.23. The summed E-state index contributed by atoms with van der Waals surface area (Å²) in [7, 11) is 1.93. The largest absolute Gasteiger partial charge is 0.267 e. The lowest BCUT2D eigenvalue weighted by atomic mass is 10.0. The van der Waals surface area contributed by atoms with Gasteiger partial charge in [0.25, 0.3) is 0 Å². The quantitative estimate of drug-likeness (QED) is 0.679. The van der Waals surface area contributed by atoms with E-state index in [0.717, 1.165) is 22.5 Å². The van der Waals surface area contributed by atoms with Gasteiger partial charge in [-0.15, -0.1) is 0 Å². The maximum absolute atomic E-state index is 13.0. The zero-order valence-electron chi connectivity index (χ0n) is 11.5. The zero-order chi connectivity index (χ0) is 14.1. The molecule has 3 rings (SSSR count). The summed E-state index contributed by atoms with van der Waals surface area (Å²) < 4.78 is 14.8. The minimum Gasteiger partial charge on any atom is -0.267 e. The Kier molecular flexibility index (Phi) is 3.11. The summed E-state index contributed by atoms with van der Waals surface area (Å²) in [6.45, 7) is 2.08. The van der Waals surface area contributed by atoms with Crippen molar-refractivity contribution < 1.29 is 4.39 Å². The van der Waals surface area contributed by atoms with Gasteiger partial charge in [-0.3, -0.25) is 4.68 Å². The second-order valence-corrected chi connectivity index (χ2v) is 4.86. The molecular weight excluding hydrogens is 251 g/mol. The molecule has 0 saturated carbocycles. The molecule has 0 radical (unpaired) electrons. The fourth-order valence-corrected chi connectivity index (χ4v) is 2.34. The van der Waals surface area contributed by atoms with Gasteiger partial charge in [0, 0.05) is 18.2 Å². The van der Waals surface area contributed by atoms with E-state index in [4.69, 9.17) is 0 Å². The molecule has 0 aliphatic carbocycles. The van der Waals surface area contributed by atoms with Crippen molar-refractivity contribution in [1.82, 2.24) is 9.78 Å². The first-order valence-electron chi connectivity index (χ1n) is 6.51. The van der Waals surface area contributed by atoms with Crippen molar-refractivity contribution in [1.29, 1.82) is 0 Å². The Bertz CT molecular complexity index is 742. The van der Waals surface area contributed by atoms with E-state index in [-0.39, 0.29) is 5.82 Å². The molecule has 0 spiro atoms. The summed E-state index contributed by atoms with van der Waals surface area (Å²) >= 11 is 0. The van der Waals surface area contributed by atoms with Gasteiger partial charge in [-0.2, -0.15) is 5.10 Å². The molecule has 0 unspecified atom stereocenters. The topological polar surface area (TPSA) is 17.8 Å². The van der Waals surface area contributed by atoms with Crippen molar-refractivity contribution in [3.8, 4) is 22.5 Å². The van der Waals surface area contributed by atoms with Crippen molar-refractivity contribution in [3.05, 3.63) is 66.0 Å². The van der Waals surface area contributed by atoms with Gasteiger partial charge in [-0.05, 0) is 42.8 Å². The molecule has 1 heterocycles. The zero-order valence-corrected chi connectivity index (χ0v) is 11.5. The molecule has 0 N–H and O–H groups in total. The molecule has 0 bridgehead atoms. The number of hydrogen-bond acceptors (Lipinski definition) is 1. The normalized spacial score (nSPS) is 10.8. The molecule has 1 aromatic heterocycles. The van der Waals surface area contributed by atoms with E-state index in [1.165, 1.54) is 17.7 Å². The Morgan fingerprint density at radius 2 is 1.70 bits per heavy atom. The lowest BCUT2D eigenvalue weighted by Gasteiger charge is -2.04. The van der Waals surface area contributed by atoms with Gasteiger partial charge in [0.15, 0.2) is 0 Å². The van der Waals surface area contributed by atoms with E-state index >= 15 is 0 Å². The highest BCUT2D eigenvalue weighted by atomic mass is 19.1. The van der Waals surface area contributed by atoms with Gasteiger partial charge >= 0.3 is 0 Å².